The molecule has 1 aromatic heterocycles. The Hall–Kier alpha value is -3.06. The molecule has 0 saturated heterocycles. The number of pyridine rings is 1. The number of aromatic nitrogens is 1. The number of hydrogen-bond donors (Lipinski definition) is 3. The number of Topliss-reactive ketones (excluding diaryl/α,β-unsaturated/α-hetero) is 1. The minimum atomic E-state index is -1.09. The van der Waals surface area contributed by atoms with Crippen molar-refractivity contribution in [2.75, 3.05) is 13.1 Å². The van der Waals surface area contributed by atoms with Gasteiger partial charge in [-0.3, -0.25) is 19.4 Å². The maximum absolute atomic E-state index is 12.1. The van der Waals surface area contributed by atoms with Crippen LogP contribution in [0.4, 0.5) is 0 Å². The summed E-state index contributed by atoms with van der Waals surface area (Å²) < 4.78 is 0. The van der Waals surface area contributed by atoms with Crippen molar-refractivity contribution in [2.24, 2.45) is 5.92 Å². The van der Waals surface area contributed by atoms with Crippen LogP contribution in [0.3, 0.4) is 0 Å². The van der Waals surface area contributed by atoms with Gasteiger partial charge in [-0.1, -0.05) is 43.3 Å². The minimum absolute atomic E-state index is 0.0526. The molecule has 2 unspecified atom stereocenters. The summed E-state index contributed by atoms with van der Waals surface area (Å²) in [6.07, 6.45) is 4.34. The minimum Gasteiger partial charge on any atom is -0.385 e. The average molecular weight is 426 g/mol. The number of aryl methyl sites for hydroxylation is 1. The first kappa shape index (κ1) is 24.2. The number of nitrogens with one attached hydrogen (secondary N) is 2. The van der Waals surface area contributed by atoms with E-state index >= 15 is 0 Å². The van der Waals surface area contributed by atoms with Gasteiger partial charge in [0.05, 0.1) is 13.0 Å². The molecule has 2 rings (SSSR count). The number of carbonyl (C=O) groups is 3. The van der Waals surface area contributed by atoms with Crippen molar-refractivity contribution < 1.29 is 19.5 Å². The van der Waals surface area contributed by atoms with Crippen LogP contribution in [-0.2, 0) is 27.2 Å². The van der Waals surface area contributed by atoms with E-state index < -0.39 is 6.10 Å². The molecule has 7 nitrogen and oxygen atoms in total. The lowest BCUT2D eigenvalue weighted by Gasteiger charge is -2.13. The van der Waals surface area contributed by atoms with Crippen molar-refractivity contribution in [2.45, 2.75) is 45.1 Å². The molecule has 0 radical (unpaired) electrons. The zero-order valence-corrected chi connectivity index (χ0v) is 17.9. The van der Waals surface area contributed by atoms with Crippen LogP contribution in [0.25, 0.3) is 0 Å². The second-order valence-electron chi connectivity index (χ2n) is 7.77. The molecule has 1 aromatic carbocycles. The van der Waals surface area contributed by atoms with Crippen molar-refractivity contribution in [3.05, 3.63) is 66.0 Å². The fraction of sp³-hybridized carbons (Fsp3) is 0.417. The number of amides is 2. The van der Waals surface area contributed by atoms with Crippen LogP contribution < -0.4 is 10.6 Å². The summed E-state index contributed by atoms with van der Waals surface area (Å²) in [5.74, 6) is -0.658. The quantitative estimate of drug-likeness (QED) is 0.454. The van der Waals surface area contributed by atoms with Gasteiger partial charge < -0.3 is 15.7 Å². The van der Waals surface area contributed by atoms with Crippen LogP contribution in [0.5, 0.6) is 0 Å². The summed E-state index contributed by atoms with van der Waals surface area (Å²) in [6.45, 7) is 2.22. The fourth-order valence-electron chi connectivity index (χ4n) is 3.11. The first-order valence-corrected chi connectivity index (χ1v) is 10.6. The summed E-state index contributed by atoms with van der Waals surface area (Å²) in [5.41, 5.74) is 1.91. The zero-order chi connectivity index (χ0) is 22.5. The van der Waals surface area contributed by atoms with Crippen LogP contribution in [0.1, 0.15) is 37.3 Å². The fourth-order valence-corrected chi connectivity index (χ4v) is 3.11. The molecule has 0 bridgehead atoms. The molecule has 0 aliphatic heterocycles. The Kier molecular flexibility index (Phi) is 10.4. The predicted molar refractivity (Wildman–Crippen MR) is 118 cm³/mol. The normalized spacial score (nSPS) is 12.6. The molecule has 166 valence electrons. The highest BCUT2D eigenvalue weighted by Gasteiger charge is 2.17. The summed E-state index contributed by atoms with van der Waals surface area (Å²) >= 11 is 0. The summed E-state index contributed by atoms with van der Waals surface area (Å²) in [6, 6.07) is 13.3. The third kappa shape index (κ3) is 10.00. The number of hydrogen-bond acceptors (Lipinski definition) is 5. The van der Waals surface area contributed by atoms with E-state index in [9.17, 15) is 19.5 Å². The molecule has 2 atom stereocenters. The van der Waals surface area contributed by atoms with Gasteiger partial charge in [0.1, 0.15) is 6.10 Å². The SMILES string of the molecule is CC(CCNC(=O)Cc1cccnc1)CC(=O)NCC(=O)C(O)CCc1ccccc1. The standard InChI is InChI=1S/C24H31N3O4/c1-18(11-13-26-24(31)15-20-8-5-12-25-16-20)14-23(30)27-17-22(29)21(28)10-9-19-6-3-2-4-7-19/h2-8,12,16,18,21,28H,9-11,13-15,17H2,1H3,(H,26,31)(H,27,30). The Morgan fingerprint density at radius 2 is 1.71 bits per heavy atom. The lowest BCUT2D eigenvalue weighted by atomic mass is 10.0. The first-order valence-electron chi connectivity index (χ1n) is 10.6. The highest BCUT2D eigenvalue weighted by Crippen LogP contribution is 2.08. The summed E-state index contributed by atoms with van der Waals surface area (Å²) in [7, 11) is 0. The van der Waals surface area contributed by atoms with Crippen LogP contribution in [-0.4, -0.2) is 46.9 Å². The highest BCUT2D eigenvalue weighted by atomic mass is 16.3. The van der Waals surface area contributed by atoms with Gasteiger partial charge in [0.2, 0.25) is 11.8 Å². The van der Waals surface area contributed by atoms with E-state index in [1.807, 2.05) is 43.3 Å². The lowest BCUT2D eigenvalue weighted by molar-refractivity contribution is -0.130. The number of aliphatic hydroxyl groups is 1. The smallest absolute Gasteiger partial charge is 0.224 e. The number of nitrogens with zero attached hydrogens (tertiary/aromatic N) is 1. The molecule has 2 aromatic rings. The monoisotopic (exact) mass is 425 g/mol. The maximum Gasteiger partial charge on any atom is 0.224 e. The van der Waals surface area contributed by atoms with Crippen LogP contribution in [0.2, 0.25) is 0 Å². The van der Waals surface area contributed by atoms with Gasteiger partial charge in [-0.25, -0.2) is 0 Å². The van der Waals surface area contributed by atoms with E-state index in [0.29, 0.717) is 25.8 Å². The van der Waals surface area contributed by atoms with Crippen molar-refractivity contribution in [1.29, 1.82) is 0 Å². The number of benzene rings is 1. The van der Waals surface area contributed by atoms with Gasteiger partial charge in [-0.05, 0) is 42.4 Å². The van der Waals surface area contributed by atoms with E-state index in [0.717, 1.165) is 11.1 Å². The number of ketones is 1. The topological polar surface area (TPSA) is 108 Å². The second kappa shape index (κ2) is 13.3. The second-order valence-corrected chi connectivity index (χ2v) is 7.77. The van der Waals surface area contributed by atoms with Crippen LogP contribution >= 0.6 is 0 Å². The predicted octanol–water partition coefficient (Wildman–Crippen LogP) is 1.84. The van der Waals surface area contributed by atoms with Gasteiger partial charge in [-0.2, -0.15) is 0 Å². The molecule has 0 aliphatic carbocycles. The van der Waals surface area contributed by atoms with Crippen LogP contribution in [0, 0.1) is 5.92 Å². The molecular formula is C24H31N3O4. The number of carbonyl (C=O) groups excluding carboxylic acids is 3. The Bertz CT molecular complexity index is 827. The molecule has 0 aliphatic rings. The van der Waals surface area contributed by atoms with Gasteiger partial charge in [0.25, 0.3) is 0 Å². The number of rotatable bonds is 13. The first-order chi connectivity index (χ1) is 14.9. The highest BCUT2D eigenvalue weighted by molar-refractivity contribution is 5.88. The Morgan fingerprint density at radius 3 is 2.42 bits per heavy atom. The zero-order valence-electron chi connectivity index (χ0n) is 17.9. The van der Waals surface area contributed by atoms with E-state index in [4.69, 9.17) is 0 Å². The van der Waals surface area contributed by atoms with Crippen molar-refractivity contribution >= 4 is 17.6 Å². The molecule has 3 N–H and O–H groups in total. The molecule has 0 spiro atoms. The maximum atomic E-state index is 12.1. The summed E-state index contributed by atoms with van der Waals surface area (Å²) in [4.78, 5) is 40.0. The Balaban J connectivity index is 1.57. The van der Waals surface area contributed by atoms with Crippen LogP contribution in [0.15, 0.2) is 54.9 Å². The van der Waals surface area contributed by atoms with Crippen molar-refractivity contribution in [1.82, 2.24) is 15.6 Å². The van der Waals surface area contributed by atoms with Crippen molar-refractivity contribution in [3.8, 4) is 0 Å². The number of aliphatic hydroxyl groups excluding tert-OH is 1. The van der Waals surface area contributed by atoms with E-state index in [1.165, 1.54) is 0 Å². The molecule has 7 heteroatoms. The van der Waals surface area contributed by atoms with E-state index in [-0.39, 0.29) is 42.9 Å². The van der Waals surface area contributed by atoms with Gasteiger partial charge in [-0.15, -0.1) is 0 Å². The summed E-state index contributed by atoms with van der Waals surface area (Å²) in [5, 5.41) is 15.4. The van der Waals surface area contributed by atoms with Gasteiger partial charge in [0.15, 0.2) is 5.78 Å². The Morgan fingerprint density at radius 1 is 0.968 bits per heavy atom. The third-order valence-electron chi connectivity index (χ3n) is 4.96. The lowest BCUT2D eigenvalue weighted by Crippen LogP contribution is -2.36. The Labute approximate surface area is 183 Å². The molecular weight excluding hydrogens is 394 g/mol. The largest absolute Gasteiger partial charge is 0.385 e. The van der Waals surface area contributed by atoms with Gasteiger partial charge >= 0.3 is 0 Å². The molecule has 2 amide bonds. The average Bonchev–Trinajstić information content (AvgIpc) is 2.77. The molecule has 0 fully saturated rings. The third-order valence-corrected chi connectivity index (χ3v) is 4.96. The molecule has 31 heavy (non-hydrogen) atoms. The van der Waals surface area contributed by atoms with E-state index in [2.05, 4.69) is 15.6 Å². The molecule has 1 heterocycles. The van der Waals surface area contributed by atoms with Crippen molar-refractivity contribution in [3.63, 3.8) is 0 Å². The van der Waals surface area contributed by atoms with E-state index in [1.54, 1.807) is 18.5 Å². The van der Waals surface area contributed by atoms with Gasteiger partial charge in [0, 0.05) is 25.4 Å². The molecule has 0 saturated carbocycles.